The quantitative estimate of drug-likeness (QED) is 0.0796. The van der Waals surface area contributed by atoms with E-state index in [-0.39, 0.29) is 54.3 Å². The minimum Gasteiger partial charge on any atom is -0.370 e. The molecule has 0 unspecified atom stereocenters. The maximum atomic E-state index is 14.8. The lowest BCUT2D eigenvalue weighted by molar-refractivity contribution is -0.156. The highest BCUT2D eigenvalue weighted by molar-refractivity contribution is 5.96. The van der Waals surface area contributed by atoms with Crippen LogP contribution in [0.2, 0.25) is 0 Å². The maximum Gasteiger partial charge on any atom is 0.246 e. The van der Waals surface area contributed by atoms with Crippen molar-refractivity contribution in [3.8, 4) is 0 Å². The van der Waals surface area contributed by atoms with Crippen LogP contribution in [0, 0.1) is 17.8 Å². The Kier molecular flexibility index (Phi) is 19.7. The van der Waals surface area contributed by atoms with Gasteiger partial charge in [-0.25, -0.2) is 0 Å². The van der Waals surface area contributed by atoms with Crippen molar-refractivity contribution in [1.29, 1.82) is 0 Å². The van der Waals surface area contributed by atoms with Crippen molar-refractivity contribution in [3.63, 3.8) is 0 Å². The summed E-state index contributed by atoms with van der Waals surface area (Å²) in [6.07, 6.45) is 1.73. The smallest absolute Gasteiger partial charge is 0.246 e. The summed E-state index contributed by atoms with van der Waals surface area (Å²) in [4.78, 5) is 81.2. The van der Waals surface area contributed by atoms with E-state index < -0.39 is 42.0 Å². The van der Waals surface area contributed by atoms with Crippen LogP contribution in [0.3, 0.4) is 0 Å². The van der Waals surface area contributed by atoms with Gasteiger partial charge < -0.3 is 41.7 Å². The summed E-state index contributed by atoms with van der Waals surface area (Å²) in [6, 6.07) is 14.6. The molecule has 0 aliphatic carbocycles. The summed E-state index contributed by atoms with van der Waals surface area (Å²) in [6.45, 7) is 12.1. The average molecular weight is 792 g/mol. The van der Waals surface area contributed by atoms with E-state index in [9.17, 15) is 24.0 Å². The molecular weight excluding hydrogens is 723 g/mol. The number of unbranched alkanes of at least 4 members (excludes halogenated alkanes) is 1. The van der Waals surface area contributed by atoms with Crippen molar-refractivity contribution >= 4 is 35.5 Å². The lowest BCUT2D eigenvalue weighted by Crippen LogP contribution is -2.62. The van der Waals surface area contributed by atoms with Crippen LogP contribution in [0.1, 0.15) is 65.5 Å². The number of guanidine groups is 1. The van der Waals surface area contributed by atoms with Gasteiger partial charge in [-0.05, 0) is 48.8 Å². The number of hydrogen-bond donors (Lipinski definition) is 4. The molecule has 57 heavy (non-hydrogen) atoms. The number of amides is 5. The molecule has 0 heterocycles. The van der Waals surface area contributed by atoms with Crippen molar-refractivity contribution in [3.05, 3.63) is 71.8 Å². The fourth-order valence-electron chi connectivity index (χ4n) is 7.24. The molecule has 316 valence electrons. The summed E-state index contributed by atoms with van der Waals surface area (Å²) >= 11 is 0. The summed E-state index contributed by atoms with van der Waals surface area (Å²) in [7, 11) is 8.10. The number of nitrogens with one attached hydrogen (secondary N) is 2. The molecule has 5 amide bonds. The van der Waals surface area contributed by atoms with Crippen LogP contribution in [-0.4, -0.2) is 134 Å². The molecule has 0 aliphatic rings. The lowest BCUT2D eigenvalue weighted by Gasteiger charge is -2.41. The topological polar surface area (TPSA) is 187 Å². The van der Waals surface area contributed by atoms with Crippen LogP contribution in [0.4, 0.5) is 0 Å². The van der Waals surface area contributed by atoms with Crippen molar-refractivity contribution in [2.45, 2.75) is 97.4 Å². The molecule has 0 spiro atoms. The van der Waals surface area contributed by atoms with Crippen LogP contribution in [0.5, 0.6) is 0 Å². The number of nitrogens with zero attached hydrogens (tertiary/aromatic N) is 5. The number of rotatable bonds is 22. The zero-order chi connectivity index (χ0) is 43.0. The summed E-state index contributed by atoms with van der Waals surface area (Å²) < 4.78 is 0. The number of nitrogens with two attached hydrogens (primary N) is 2. The Bertz CT molecular complexity index is 1620. The molecule has 0 saturated carbocycles. The zero-order valence-electron chi connectivity index (χ0n) is 36.1. The van der Waals surface area contributed by atoms with Gasteiger partial charge in [-0.3, -0.25) is 29.0 Å². The Balaban J connectivity index is 2.50. The van der Waals surface area contributed by atoms with E-state index in [1.807, 2.05) is 102 Å². The molecule has 0 bridgehead atoms. The zero-order valence-corrected chi connectivity index (χ0v) is 36.1. The van der Waals surface area contributed by atoms with Gasteiger partial charge in [0, 0.05) is 54.1 Å². The van der Waals surface area contributed by atoms with Gasteiger partial charge in [0.1, 0.15) is 24.2 Å². The first kappa shape index (κ1) is 48.2. The highest BCUT2D eigenvalue weighted by Gasteiger charge is 2.42. The van der Waals surface area contributed by atoms with Crippen LogP contribution >= 0.6 is 0 Å². The number of aliphatic imine (C=N–C) groups is 1. The second-order valence-corrected chi connectivity index (χ2v) is 15.9. The van der Waals surface area contributed by atoms with Crippen molar-refractivity contribution < 1.29 is 24.0 Å². The molecule has 2 rings (SSSR count). The van der Waals surface area contributed by atoms with Crippen LogP contribution < -0.4 is 22.1 Å². The van der Waals surface area contributed by atoms with Gasteiger partial charge in [0.2, 0.25) is 29.5 Å². The fraction of sp³-hybridized carbons (Fsp3) is 0.581. The molecular formula is C43H69N9O5. The van der Waals surface area contributed by atoms with Gasteiger partial charge in [-0.2, -0.15) is 0 Å². The molecule has 0 saturated heterocycles. The standard InChI is InChI=1S/C43H69N9O5/c1-28(2)35(46-7)40(55)52(11)37(30(5)6)42(57)50(9)34(27-32-22-16-13-17-23-32)39(54)51(10)36(29(3)4)41(56)49(8)33(26-31-20-14-12-15-21-31)38(53)47-24-18-19-25-48-43(44)45/h12-17,20-23,28-30,33-37,46H,18-19,24-27H2,1-11H3,(H,47,53)(H4,44,45,48)/t33-,34-,35-,36-,37-/m0/s1. The average Bonchev–Trinajstić information content (AvgIpc) is 3.16. The number of benzene rings is 2. The summed E-state index contributed by atoms with van der Waals surface area (Å²) in [5, 5.41) is 6.05. The van der Waals surface area contributed by atoms with Gasteiger partial charge in [-0.1, -0.05) is 102 Å². The lowest BCUT2D eigenvalue weighted by atomic mass is 9.95. The van der Waals surface area contributed by atoms with Gasteiger partial charge in [0.25, 0.3) is 0 Å². The van der Waals surface area contributed by atoms with Gasteiger partial charge in [0.15, 0.2) is 5.96 Å². The first-order valence-corrected chi connectivity index (χ1v) is 20.0. The minimum atomic E-state index is -1.01. The second-order valence-electron chi connectivity index (χ2n) is 15.9. The predicted molar refractivity (Wildman–Crippen MR) is 227 cm³/mol. The largest absolute Gasteiger partial charge is 0.370 e. The minimum absolute atomic E-state index is 0.0127. The van der Waals surface area contributed by atoms with Crippen LogP contribution in [-0.2, 0) is 36.8 Å². The van der Waals surface area contributed by atoms with E-state index in [1.54, 1.807) is 35.2 Å². The van der Waals surface area contributed by atoms with E-state index in [0.717, 1.165) is 11.1 Å². The Hall–Kier alpha value is -4.98. The van der Waals surface area contributed by atoms with E-state index in [2.05, 4.69) is 15.6 Å². The normalized spacial score (nSPS) is 13.9. The molecule has 5 atom stereocenters. The summed E-state index contributed by atoms with van der Waals surface area (Å²) in [5.41, 5.74) is 12.5. The monoisotopic (exact) mass is 792 g/mol. The third kappa shape index (κ3) is 13.9. The van der Waals surface area contributed by atoms with Crippen LogP contribution in [0.25, 0.3) is 0 Å². The van der Waals surface area contributed by atoms with E-state index in [1.165, 1.54) is 19.6 Å². The van der Waals surface area contributed by atoms with E-state index in [4.69, 9.17) is 11.5 Å². The van der Waals surface area contributed by atoms with E-state index >= 15 is 0 Å². The molecule has 0 aromatic heterocycles. The van der Waals surface area contributed by atoms with Crippen molar-refractivity contribution in [2.24, 2.45) is 34.2 Å². The van der Waals surface area contributed by atoms with Crippen LogP contribution in [0.15, 0.2) is 65.7 Å². The molecule has 2 aromatic carbocycles. The Labute approximate surface area is 340 Å². The van der Waals surface area contributed by atoms with Gasteiger partial charge >= 0.3 is 0 Å². The molecule has 0 radical (unpaired) electrons. The van der Waals surface area contributed by atoms with Crippen molar-refractivity contribution in [2.75, 3.05) is 48.3 Å². The molecule has 14 nitrogen and oxygen atoms in total. The molecule has 2 aromatic rings. The fourth-order valence-corrected chi connectivity index (χ4v) is 7.24. The number of carbonyl (C=O) groups excluding carboxylic acids is 5. The first-order chi connectivity index (χ1) is 26.8. The third-order valence-electron chi connectivity index (χ3n) is 10.5. The van der Waals surface area contributed by atoms with E-state index in [0.29, 0.717) is 25.9 Å². The second kappa shape index (κ2) is 23.3. The Morgan fingerprint density at radius 1 is 0.596 bits per heavy atom. The SMILES string of the molecule is CN[C@H](C(=O)N(C)[C@H](C(=O)N(C)[C@@H](Cc1ccccc1)C(=O)N(C)[C@H](C(=O)N(C)[C@@H](Cc1ccccc1)C(=O)NCCCCN=C(N)N)C(C)C)C(C)C)C(C)C. The first-order valence-electron chi connectivity index (χ1n) is 20.0. The highest BCUT2D eigenvalue weighted by atomic mass is 16.2. The molecule has 0 aliphatic heterocycles. The van der Waals surface area contributed by atoms with Crippen molar-refractivity contribution in [1.82, 2.24) is 30.2 Å². The highest BCUT2D eigenvalue weighted by Crippen LogP contribution is 2.22. The number of hydrogen-bond acceptors (Lipinski definition) is 7. The molecule has 6 N–H and O–H groups in total. The molecule has 14 heteroatoms. The number of likely N-dealkylation sites (N-methyl/N-ethyl adjacent to an activating group) is 5. The Morgan fingerprint density at radius 2 is 1.04 bits per heavy atom. The Morgan fingerprint density at radius 3 is 1.46 bits per heavy atom. The number of carbonyl (C=O) groups is 5. The third-order valence-corrected chi connectivity index (χ3v) is 10.5. The van der Waals surface area contributed by atoms with Gasteiger partial charge in [0.05, 0.1) is 6.04 Å². The maximum absolute atomic E-state index is 14.8. The van der Waals surface area contributed by atoms with Gasteiger partial charge in [-0.15, -0.1) is 0 Å². The predicted octanol–water partition coefficient (Wildman–Crippen LogP) is 2.51. The summed E-state index contributed by atoms with van der Waals surface area (Å²) in [5.74, 6) is -2.40. The molecule has 0 fully saturated rings.